The Kier molecular flexibility index (Phi) is 15.1. The van der Waals surface area contributed by atoms with E-state index in [0.29, 0.717) is 41.9 Å². The summed E-state index contributed by atoms with van der Waals surface area (Å²) in [5.74, 6) is 0.105. The molecular formula is C35H46N4O8. The van der Waals surface area contributed by atoms with Gasteiger partial charge in [0.15, 0.2) is 6.29 Å². The molecule has 254 valence electrons. The number of carbonyl (C=O) groups excluding carboxylic acids is 3. The maximum atomic E-state index is 11.9. The molecule has 0 atom stereocenters. The van der Waals surface area contributed by atoms with Gasteiger partial charge >= 0.3 is 12.2 Å². The molecule has 0 unspecified atom stereocenters. The summed E-state index contributed by atoms with van der Waals surface area (Å²) in [5, 5.41) is 34.1. The summed E-state index contributed by atoms with van der Waals surface area (Å²) >= 11 is 0. The second-order valence-corrected chi connectivity index (χ2v) is 12.1. The van der Waals surface area contributed by atoms with E-state index in [0.717, 1.165) is 5.56 Å². The van der Waals surface area contributed by atoms with Gasteiger partial charge in [0.25, 0.3) is 0 Å². The monoisotopic (exact) mass is 650 g/mol. The summed E-state index contributed by atoms with van der Waals surface area (Å²) in [4.78, 5) is 42.4. The SMILES string of the molecule is C.CC(C)(C)OC(=O)Nc1ccc(O)c(C=O)c1.Cc1ccc(O)c(C=NCCN=Cc2cc(NC(=O)OC(C)(C)C)ccc2O)c1. The number of phenols is 3. The number of rotatable bonds is 8. The highest BCUT2D eigenvalue weighted by Crippen LogP contribution is 2.22. The van der Waals surface area contributed by atoms with Gasteiger partial charge in [0.1, 0.15) is 28.5 Å². The third-order valence-corrected chi connectivity index (χ3v) is 5.47. The molecule has 0 aliphatic rings. The van der Waals surface area contributed by atoms with Crippen LogP contribution in [-0.2, 0) is 9.47 Å². The first-order chi connectivity index (χ1) is 21.5. The van der Waals surface area contributed by atoms with Gasteiger partial charge < -0.3 is 24.8 Å². The standard InChI is InChI=1S/C22H27N3O4.C12H15NO4.CH4/c1-15-5-7-19(26)16(11-15)13-23-9-10-24-14-17-12-18(6-8-20(17)27)25-21(28)29-22(2,3)4;1-12(2,3)17-11(16)13-9-4-5-10(15)8(6-9)7-14;/h5-8,11-14,26-27H,9-10H2,1-4H3,(H,25,28);4-7,15H,1-3H3,(H,13,16);1H4. The largest absolute Gasteiger partial charge is 0.507 e. The zero-order valence-corrected chi connectivity index (χ0v) is 27.1. The Morgan fingerprint density at radius 1 is 0.681 bits per heavy atom. The lowest BCUT2D eigenvalue weighted by molar-refractivity contribution is 0.0624. The minimum Gasteiger partial charge on any atom is -0.507 e. The second-order valence-electron chi connectivity index (χ2n) is 12.1. The predicted molar refractivity (Wildman–Crippen MR) is 186 cm³/mol. The van der Waals surface area contributed by atoms with Crippen molar-refractivity contribution in [3.63, 3.8) is 0 Å². The molecule has 0 aromatic heterocycles. The quantitative estimate of drug-likeness (QED) is 0.0720. The first-order valence-electron chi connectivity index (χ1n) is 14.4. The van der Waals surface area contributed by atoms with E-state index in [1.165, 1.54) is 30.5 Å². The van der Waals surface area contributed by atoms with Crippen LogP contribution in [0.3, 0.4) is 0 Å². The summed E-state index contributed by atoms with van der Waals surface area (Å²) in [6.45, 7) is 13.4. The van der Waals surface area contributed by atoms with Crippen LogP contribution in [0.15, 0.2) is 64.6 Å². The lowest BCUT2D eigenvalue weighted by atomic mass is 10.1. The molecule has 0 radical (unpaired) electrons. The molecule has 3 aromatic carbocycles. The van der Waals surface area contributed by atoms with Crippen LogP contribution in [0.25, 0.3) is 0 Å². The molecule has 2 amide bonds. The summed E-state index contributed by atoms with van der Waals surface area (Å²) < 4.78 is 10.3. The molecular weight excluding hydrogens is 604 g/mol. The smallest absolute Gasteiger partial charge is 0.412 e. The average molecular weight is 651 g/mol. The van der Waals surface area contributed by atoms with E-state index < -0.39 is 23.4 Å². The average Bonchev–Trinajstić information content (AvgIpc) is 2.93. The van der Waals surface area contributed by atoms with Gasteiger partial charge in [-0.2, -0.15) is 0 Å². The van der Waals surface area contributed by atoms with E-state index in [1.807, 2.05) is 19.1 Å². The number of ether oxygens (including phenoxy) is 2. The number of amides is 2. The van der Waals surface area contributed by atoms with Crippen molar-refractivity contribution in [1.82, 2.24) is 0 Å². The zero-order valence-electron chi connectivity index (χ0n) is 27.1. The number of nitrogens with zero attached hydrogens (tertiary/aromatic N) is 2. The van der Waals surface area contributed by atoms with Crippen molar-refractivity contribution in [3.8, 4) is 17.2 Å². The molecule has 0 fully saturated rings. The van der Waals surface area contributed by atoms with E-state index in [1.54, 1.807) is 66.0 Å². The zero-order chi connectivity index (χ0) is 34.5. The van der Waals surface area contributed by atoms with Gasteiger partial charge in [0, 0.05) is 34.9 Å². The molecule has 0 aliphatic heterocycles. The number of aromatic hydroxyl groups is 3. The van der Waals surface area contributed by atoms with Crippen LogP contribution < -0.4 is 10.6 Å². The Labute approximate surface area is 276 Å². The molecule has 3 rings (SSSR count). The number of hydrogen-bond donors (Lipinski definition) is 5. The summed E-state index contributed by atoms with van der Waals surface area (Å²) in [7, 11) is 0. The van der Waals surface area contributed by atoms with E-state index in [4.69, 9.17) is 9.47 Å². The number of benzene rings is 3. The molecule has 0 spiro atoms. The van der Waals surface area contributed by atoms with Gasteiger partial charge in [-0.25, -0.2) is 9.59 Å². The molecule has 0 aliphatic carbocycles. The first-order valence-corrected chi connectivity index (χ1v) is 14.4. The van der Waals surface area contributed by atoms with Crippen LogP contribution in [0.4, 0.5) is 21.0 Å². The number of anilines is 2. The van der Waals surface area contributed by atoms with Gasteiger partial charge in [-0.1, -0.05) is 19.1 Å². The fraction of sp³-hybridized carbons (Fsp3) is 0.343. The van der Waals surface area contributed by atoms with Crippen LogP contribution in [0.2, 0.25) is 0 Å². The van der Waals surface area contributed by atoms with Crippen LogP contribution in [0, 0.1) is 6.92 Å². The van der Waals surface area contributed by atoms with E-state index in [9.17, 15) is 29.7 Å². The summed E-state index contributed by atoms with van der Waals surface area (Å²) in [6.07, 6.45) is 2.46. The Balaban J connectivity index is 0.000000525. The molecule has 0 heterocycles. The van der Waals surface area contributed by atoms with Gasteiger partial charge in [-0.05, 0) is 97.0 Å². The van der Waals surface area contributed by atoms with Gasteiger partial charge in [-0.15, -0.1) is 0 Å². The van der Waals surface area contributed by atoms with Crippen molar-refractivity contribution in [3.05, 3.63) is 76.9 Å². The van der Waals surface area contributed by atoms with Gasteiger partial charge in [-0.3, -0.25) is 25.4 Å². The Morgan fingerprint density at radius 2 is 1.06 bits per heavy atom. The minimum atomic E-state index is -0.611. The maximum Gasteiger partial charge on any atom is 0.412 e. The van der Waals surface area contributed by atoms with Crippen molar-refractivity contribution in [2.45, 2.75) is 67.1 Å². The lowest BCUT2D eigenvalue weighted by Crippen LogP contribution is -2.27. The molecule has 0 saturated carbocycles. The molecule has 12 nitrogen and oxygen atoms in total. The van der Waals surface area contributed by atoms with Crippen LogP contribution >= 0.6 is 0 Å². The molecule has 12 heteroatoms. The first kappa shape index (κ1) is 39.6. The maximum absolute atomic E-state index is 11.9. The van der Waals surface area contributed by atoms with Crippen molar-refractivity contribution in [1.29, 1.82) is 0 Å². The fourth-order valence-corrected chi connectivity index (χ4v) is 3.52. The summed E-state index contributed by atoms with van der Waals surface area (Å²) in [5.41, 5.74) is 1.98. The lowest BCUT2D eigenvalue weighted by Gasteiger charge is -2.19. The normalized spacial score (nSPS) is 11.2. The van der Waals surface area contributed by atoms with E-state index in [2.05, 4.69) is 20.6 Å². The Bertz CT molecular complexity index is 1570. The fourth-order valence-electron chi connectivity index (χ4n) is 3.52. The number of hydrogen-bond acceptors (Lipinski definition) is 10. The highest BCUT2D eigenvalue weighted by atomic mass is 16.6. The van der Waals surface area contributed by atoms with Gasteiger partial charge in [0.05, 0.1) is 18.7 Å². The predicted octanol–water partition coefficient (Wildman–Crippen LogP) is 7.48. The Hall–Kier alpha value is -5.39. The van der Waals surface area contributed by atoms with Gasteiger partial charge in [0.2, 0.25) is 0 Å². The molecule has 0 saturated heterocycles. The van der Waals surface area contributed by atoms with Crippen LogP contribution in [-0.4, -0.2) is 70.5 Å². The van der Waals surface area contributed by atoms with Crippen molar-refractivity contribution in [2.24, 2.45) is 9.98 Å². The number of nitrogens with one attached hydrogen (secondary N) is 2. The second kappa shape index (κ2) is 17.9. The van der Waals surface area contributed by atoms with Crippen LogP contribution in [0.5, 0.6) is 17.2 Å². The van der Waals surface area contributed by atoms with E-state index in [-0.39, 0.29) is 30.2 Å². The molecule has 47 heavy (non-hydrogen) atoms. The van der Waals surface area contributed by atoms with Crippen molar-refractivity contribution in [2.75, 3.05) is 23.7 Å². The molecule has 0 bridgehead atoms. The minimum absolute atomic E-state index is 0. The van der Waals surface area contributed by atoms with Crippen molar-refractivity contribution < 1.29 is 39.2 Å². The third-order valence-electron chi connectivity index (χ3n) is 5.47. The Morgan fingerprint density at radius 3 is 1.49 bits per heavy atom. The van der Waals surface area contributed by atoms with Crippen molar-refractivity contribution >= 4 is 42.3 Å². The molecule has 5 N–H and O–H groups in total. The number of aryl methyl sites for hydroxylation is 1. The highest BCUT2D eigenvalue weighted by Gasteiger charge is 2.17. The number of aldehydes is 1. The number of phenolic OH excluding ortho intramolecular Hbond substituents is 3. The third kappa shape index (κ3) is 15.4. The topological polar surface area (TPSA) is 179 Å². The number of carbonyl (C=O) groups is 3. The van der Waals surface area contributed by atoms with Crippen LogP contribution in [0.1, 0.15) is 76.0 Å². The molecule has 3 aromatic rings. The van der Waals surface area contributed by atoms with E-state index >= 15 is 0 Å². The number of aliphatic imine (C=N–C) groups is 2. The summed E-state index contributed by atoms with van der Waals surface area (Å²) in [6, 6.07) is 14.2. The highest BCUT2D eigenvalue weighted by molar-refractivity contribution is 5.90.